The summed E-state index contributed by atoms with van der Waals surface area (Å²) in [5.74, 6) is 0.652. The summed E-state index contributed by atoms with van der Waals surface area (Å²) in [7, 11) is 0. The van der Waals surface area contributed by atoms with Crippen LogP contribution < -0.4 is 5.32 Å². The number of likely N-dealkylation sites (tertiary alicyclic amines) is 1. The van der Waals surface area contributed by atoms with Crippen molar-refractivity contribution >= 4 is 5.91 Å². The van der Waals surface area contributed by atoms with Gasteiger partial charge in [0.05, 0.1) is 6.10 Å². The number of aliphatic hydroxyl groups excluding tert-OH is 1. The number of rotatable bonds is 1. The maximum Gasteiger partial charge on any atom is 0.226 e. The second kappa shape index (κ2) is 4.25. The molecule has 3 aliphatic rings. The summed E-state index contributed by atoms with van der Waals surface area (Å²) < 4.78 is 0. The van der Waals surface area contributed by atoms with Crippen molar-refractivity contribution in [3.8, 4) is 0 Å². The topological polar surface area (TPSA) is 52.6 Å². The van der Waals surface area contributed by atoms with Crippen LogP contribution in [0.1, 0.15) is 32.1 Å². The van der Waals surface area contributed by atoms with Crippen LogP contribution in [-0.2, 0) is 4.79 Å². The van der Waals surface area contributed by atoms with Gasteiger partial charge in [0.1, 0.15) is 0 Å². The maximum absolute atomic E-state index is 12.4. The number of carbonyl (C=O) groups is 1. The standard InChI is InChI=1S/C13H22N2O2/c16-10-1-7-15(8-2-10)12(17)11-9-13(11)3-5-14-6-4-13/h10-11,14,16H,1-9H2. The second-order valence-corrected chi connectivity index (χ2v) is 5.93. The van der Waals surface area contributed by atoms with Crippen molar-refractivity contribution < 1.29 is 9.90 Å². The Hall–Kier alpha value is -0.610. The summed E-state index contributed by atoms with van der Waals surface area (Å²) in [6.07, 6.45) is 4.76. The molecule has 3 rings (SSSR count). The molecule has 17 heavy (non-hydrogen) atoms. The Balaban J connectivity index is 1.57. The molecule has 0 aromatic carbocycles. The second-order valence-electron chi connectivity index (χ2n) is 5.93. The zero-order chi connectivity index (χ0) is 11.9. The number of piperidine rings is 2. The summed E-state index contributed by atoms with van der Waals surface area (Å²) in [5, 5.41) is 12.8. The molecule has 2 saturated heterocycles. The molecule has 96 valence electrons. The Kier molecular flexibility index (Phi) is 2.87. The molecule has 1 saturated carbocycles. The van der Waals surface area contributed by atoms with Gasteiger partial charge in [-0.05, 0) is 50.6 Å². The summed E-state index contributed by atoms with van der Waals surface area (Å²) >= 11 is 0. The fourth-order valence-corrected chi connectivity index (χ4v) is 3.48. The van der Waals surface area contributed by atoms with E-state index < -0.39 is 0 Å². The number of aliphatic hydroxyl groups is 1. The largest absolute Gasteiger partial charge is 0.393 e. The molecule has 2 N–H and O–H groups in total. The average molecular weight is 238 g/mol. The summed E-state index contributed by atoms with van der Waals surface area (Å²) in [4.78, 5) is 14.3. The number of nitrogens with zero attached hydrogens (tertiary/aromatic N) is 1. The number of hydrogen-bond donors (Lipinski definition) is 2. The van der Waals surface area contributed by atoms with Crippen LogP contribution in [0.4, 0.5) is 0 Å². The molecule has 0 aromatic rings. The first-order chi connectivity index (χ1) is 8.21. The summed E-state index contributed by atoms with van der Waals surface area (Å²) in [5.41, 5.74) is 0.346. The molecule has 0 aromatic heterocycles. The summed E-state index contributed by atoms with van der Waals surface area (Å²) in [6.45, 7) is 3.65. The van der Waals surface area contributed by atoms with Gasteiger partial charge in [0.25, 0.3) is 0 Å². The van der Waals surface area contributed by atoms with Gasteiger partial charge in [-0.1, -0.05) is 0 Å². The van der Waals surface area contributed by atoms with Crippen LogP contribution in [0.15, 0.2) is 0 Å². The predicted octanol–water partition coefficient (Wildman–Crippen LogP) is 0.359. The van der Waals surface area contributed by atoms with Gasteiger partial charge in [-0.25, -0.2) is 0 Å². The van der Waals surface area contributed by atoms with Crippen molar-refractivity contribution in [3.05, 3.63) is 0 Å². The normalized spacial score (nSPS) is 32.8. The van der Waals surface area contributed by atoms with E-state index in [4.69, 9.17) is 0 Å². The van der Waals surface area contributed by atoms with Gasteiger partial charge in [-0.15, -0.1) is 0 Å². The highest BCUT2D eigenvalue weighted by Gasteiger charge is 2.58. The fourth-order valence-electron chi connectivity index (χ4n) is 3.48. The highest BCUT2D eigenvalue weighted by Crippen LogP contribution is 2.59. The average Bonchev–Trinajstić information content (AvgIpc) is 3.04. The number of amides is 1. The molecule has 0 bridgehead atoms. The van der Waals surface area contributed by atoms with Gasteiger partial charge in [0.2, 0.25) is 5.91 Å². The molecule has 2 heterocycles. The molecule has 2 aliphatic heterocycles. The van der Waals surface area contributed by atoms with E-state index in [0.29, 0.717) is 17.2 Å². The first-order valence-electron chi connectivity index (χ1n) is 6.89. The van der Waals surface area contributed by atoms with Gasteiger partial charge in [0, 0.05) is 19.0 Å². The van der Waals surface area contributed by atoms with E-state index in [1.807, 2.05) is 4.90 Å². The van der Waals surface area contributed by atoms with Gasteiger partial charge < -0.3 is 15.3 Å². The van der Waals surface area contributed by atoms with Crippen LogP contribution in [0, 0.1) is 11.3 Å². The van der Waals surface area contributed by atoms with Crippen LogP contribution in [-0.4, -0.2) is 48.2 Å². The molecule has 1 unspecified atom stereocenters. The third kappa shape index (κ3) is 2.08. The van der Waals surface area contributed by atoms with E-state index in [0.717, 1.165) is 45.4 Å². The first kappa shape index (κ1) is 11.5. The van der Waals surface area contributed by atoms with Crippen LogP contribution in [0.3, 0.4) is 0 Å². The van der Waals surface area contributed by atoms with Crippen molar-refractivity contribution in [1.82, 2.24) is 10.2 Å². The number of hydrogen-bond acceptors (Lipinski definition) is 3. The van der Waals surface area contributed by atoms with Crippen molar-refractivity contribution in [2.24, 2.45) is 11.3 Å². The minimum atomic E-state index is -0.189. The van der Waals surface area contributed by atoms with Crippen LogP contribution in [0.5, 0.6) is 0 Å². The Morgan fingerprint density at radius 2 is 1.88 bits per heavy atom. The lowest BCUT2D eigenvalue weighted by Gasteiger charge is -2.31. The van der Waals surface area contributed by atoms with Crippen molar-refractivity contribution in [2.75, 3.05) is 26.2 Å². The van der Waals surface area contributed by atoms with Gasteiger partial charge in [-0.2, -0.15) is 0 Å². The molecule has 0 radical (unpaired) electrons. The zero-order valence-electron chi connectivity index (χ0n) is 10.3. The van der Waals surface area contributed by atoms with E-state index in [-0.39, 0.29) is 6.10 Å². The lowest BCUT2D eigenvalue weighted by atomic mass is 9.91. The van der Waals surface area contributed by atoms with E-state index in [1.165, 1.54) is 12.8 Å². The third-order valence-electron chi connectivity index (χ3n) is 4.86. The van der Waals surface area contributed by atoms with Gasteiger partial charge in [0.15, 0.2) is 0 Å². The zero-order valence-corrected chi connectivity index (χ0v) is 10.3. The minimum absolute atomic E-state index is 0.189. The highest BCUT2D eigenvalue weighted by molar-refractivity contribution is 5.82. The monoisotopic (exact) mass is 238 g/mol. The molecule has 1 amide bonds. The molecule has 1 atom stereocenters. The molecular formula is C13H22N2O2. The highest BCUT2D eigenvalue weighted by atomic mass is 16.3. The third-order valence-corrected chi connectivity index (χ3v) is 4.86. The molecule has 1 aliphatic carbocycles. The SMILES string of the molecule is O=C(C1CC12CCNCC2)N1CCC(O)CC1. The van der Waals surface area contributed by atoms with E-state index >= 15 is 0 Å². The molecule has 4 heteroatoms. The van der Waals surface area contributed by atoms with Crippen molar-refractivity contribution in [2.45, 2.75) is 38.2 Å². The van der Waals surface area contributed by atoms with Crippen LogP contribution in [0.25, 0.3) is 0 Å². The van der Waals surface area contributed by atoms with E-state index in [1.54, 1.807) is 0 Å². The first-order valence-corrected chi connectivity index (χ1v) is 6.89. The molecular weight excluding hydrogens is 216 g/mol. The number of carbonyl (C=O) groups excluding carboxylic acids is 1. The van der Waals surface area contributed by atoms with E-state index in [9.17, 15) is 9.90 Å². The Bertz CT molecular complexity index is 305. The van der Waals surface area contributed by atoms with Gasteiger partial charge in [-0.3, -0.25) is 4.79 Å². The smallest absolute Gasteiger partial charge is 0.226 e. The lowest BCUT2D eigenvalue weighted by Crippen LogP contribution is -2.42. The Morgan fingerprint density at radius 3 is 2.53 bits per heavy atom. The molecule has 3 fully saturated rings. The predicted molar refractivity (Wildman–Crippen MR) is 64.5 cm³/mol. The number of nitrogens with one attached hydrogen (secondary N) is 1. The van der Waals surface area contributed by atoms with Crippen LogP contribution in [0.2, 0.25) is 0 Å². The summed E-state index contributed by atoms with van der Waals surface area (Å²) in [6, 6.07) is 0. The minimum Gasteiger partial charge on any atom is -0.393 e. The van der Waals surface area contributed by atoms with E-state index in [2.05, 4.69) is 5.32 Å². The Morgan fingerprint density at radius 1 is 1.24 bits per heavy atom. The maximum atomic E-state index is 12.4. The fraction of sp³-hybridized carbons (Fsp3) is 0.923. The Labute approximate surface area is 102 Å². The molecule has 4 nitrogen and oxygen atoms in total. The quantitative estimate of drug-likeness (QED) is 0.693. The van der Waals surface area contributed by atoms with Crippen LogP contribution >= 0.6 is 0 Å². The van der Waals surface area contributed by atoms with Crippen molar-refractivity contribution in [1.29, 1.82) is 0 Å². The lowest BCUT2D eigenvalue weighted by molar-refractivity contribution is -0.135. The van der Waals surface area contributed by atoms with Crippen molar-refractivity contribution in [3.63, 3.8) is 0 Å². The van der Waals surface area contributed by atoms with Gasteiger partial charge >= 0.3 is 0 Å². The molecule has 1 spiro atoms.